The molecule has 0 radical (unpaired) electrons. The fraction of sp³-hybridized carbons (Fsp3) is 0.250. The van der Waals surface area contributed by atoms with Gasteiger partial charge in [0.25, 0.3) is 0 Å². The maximum absolute atomic E-state index is 14.4. The molecule has 0 amide bonds. The molecule has 0 aliphatic carbocycles. The van der Waals surface area contributed by atoms with E-state index < -0.39 is 11.6 Å². The van der Waals surface area contributed by atoms with Crippen LogP contribution in [0.4, 0.5) is 24.7 Å². The average Bonchev–Trinajstić information content (AvgIpc) is 3.17. The maximum Gasteiger partial charge on any atom is 0.147 e. The first kappa shape index (κ1) is 20.1. The standard InChI is InChI=1S/C20H19F3N4S2/c21-16-4-1-3-13(10-27-5-2-6-27)15(16)9-24-14-7-17(22)20(18(23)8-14)29-26-19-11-28-12-25-19/h1,3-4,7-8,11-12,24,26H,2,5-6,9-10H2. The Hall–Kier alpha value is -2.23. The van der Waals surface area contributed by atoms with Crippen molar-refractivity contribution in [3.63, 3.8) is 0 Å². The number of nitrogens with one attached hydrogen (secondary N) is 2. The molecule has 4 rings (SSSR count). The molecule has 0 spiro atoms. The Balaban J connectivity index is 1.45. The van der Waals surface area contributed by atoms with Gasteiger partial charge in [-0.05, 0) is 55.2 Å². The molecule has 4 nitrogen and oxygen atoms in total. The third-order valence-electron chi connectivity index (χ3n) is 4.72. The van der Waals surface area contributed by atoms with E-state index in [0.29, 0.717) is 17.9 Å². The van der Waals surface area contributed by atoms with Gasteiger partial charge in [0.15, 0.2) is 0 Å². The lowest BCUT2D eigenvalue weighted by molar-refractivity contribution is 0.172. The van der Waals surface area contributed by atoms with E-state index in [-0.39, 0.29) is 22.9 Å². The zero-order valence-corrected chi connectivity index (χ0v) is 17.1. The van der Waals surface area contributed by atoms with Crippen molar-refractivity contribution in [3.8, 4) is 0 Å². The van der Waals surface area contributed by atoms with Gasteiger partial charge >= 0.3 is 0 Å². The van der Waals surface area contributed by atoms with Crippen LogP contribution < -0.4 is 10.0 Å². The summed E-state index contributed by atoms with van der Waals surface area (Å²) >= 11 is 2.21. The van der Waals surface area contributed by atoms with Gasteiger partial charge in [-0.1, -0.05) is 12.1 Å². The minimum absolute atomic E-state index is 0.145. The molecule has 0 bridgehead atoms. The summed E-state index contributed by atoms with van der Waals surface area (Å²) in [6.07, 6.45) is 1.16. The summed E-state index contributed by atoms with van der Waals surface area (Å²) in [5, 5.41) is 4.69. The van der Waals surface area contributed by atoms with E-state index in [4.69, 9.17) is 0 Å². The molecular weight excluding hydrogens is 417 g/mol. The minimum Gasteiger partial charge on any atom is -0.381 e. The summed E-state index contributed by atoms with van der Waals surface area (Å²) in [6, 6.07) is 7.41. The number of benzene rings is 2. The van der Waals surface area contributed by atoms with Gasteiger partial charge in [0.2, 0.25) is 0 Å². The molecule has 9 heteroatoms. The first-order chi connectivity index (χ1) is 14.1. The molecule has 0 saturated carbocycles. The number of aromatic nitrogens is 1. The number of rotatable bonds is 8. The van der Waals surface area contributed by atoms with E-state index in [9.17, 15) is 13.2 Å². The molecule has 3 aromatic rings. The second kappa shape index (κ2) is 9.06. The molecule has 1 aromatic heterocycles. The van der Waals surface area contributed by atoms with Gasteiger partial charge in [-0.2, -0.15) is 0 Å². The van der Waals surface area contributed by atoms with E-state index in [0.717, 1.165) is 37.0 Å². The Morgan fingerprint density at radius 2 is 1.90 bits per heavy atom. The van der Waals surface area contributed by atoms with Gasteiger partial charge in [0.1, 0.15) is 28.2 Å². The monoisotopic (exact) mass is 436 g/mol. The molecule has 1 saturated heterocycles. The molecule has 0 unspecified atom stereocenters. The smallest absolute Gasteiger partial charge is 0.147 e. The fourth-order valence-corrected chi connectivity index (χ4v) is 4.24. The molecule has 1 aliphatic rings. The van der Waals surface area contributed by atoms with Crippen LogP contribution in [0.5, 0.6) is 0 Å². The molecule has 2 heterocycles. The predicted octanol–water partition coefficient (Wildman–Crippen LogP) is 5.50. The van der Waals surface area contributed by atoms with E-state index in [2.05, 4.69) is 19.9 Å². The van der Waals surface area contributed by atoms with E-state index in [1.807, 2.05) is 6.07 Å². The van der Waals surface area contributed by atoms with Crippen LogP contribution in [-0.2, 0) is 13.1 Å². The summed E-state index contributed by atoms with van der Waals surface area (Å²) in [5.41, 5.74) is 3.29. The van der Waals surface area contributed by atoms with Gasteiger partial charge < -0.3 is 10.0 Å². The number of anilines is 2. The van der Waals surface area contributed by atoms with Crippen LogP contribution in [0.3, 0.4) is 0 Å². The van der Waals surface area contributed by atoms with Gasteiger partial charge in [0.05, 0.1) is 5.51 Å². The molecular formula is C20H19F3N4S2. The predicted molar refractivity (Wildman–Crippen MR) is 112 cm³/mol. The Labute approximate surface area is 175 Å². The van der Waals surface area contributed by atoms with Crippen LogP contribution in [0.2, 0.25) is 0 Å². The number of thiazole rings is 1. The van der Waals surface area contributed by atoms with Gasteiger partial charge in [0, 0.05) is 29.7 Å². The normalized spacial score (nSPS) is 13.9. The quantitative estimate of drug-likeness (QED) is 0.457. The van der Waals surface area contributed by atoms with Crippen molar-refractivity contribution in [3.05, 3.63) is 69.8 Å². The molecule has 1 fully saturated rings. The van der Waals surface area contributed by atoms with Gasteiger partial charge in [-0.3, -0.25) is 4.90 Å². The Kier molecular flexibility index (Phi) is 6.27. The first-order valence-corrected chi connectivity index (χ1v) is 10.9. The van der Waals surface area contributed by atoms with Crippen molar-refractivity contribution >= 4 is 34.8 Å². The highest BCUT2D eigenvalue weighted by atomic mass is 32.2. The van der Waals surface area contributed by atoms with Crippen LogP contribution in [0.25, 0.3) is 0 Å². The van der Waals surface area contributed by atoms with Crippen molar-refractivity contribution in [2.45, 2.75) is 24.4 Å². The Bertz CT molecular complexity index is 955. The lowest BCUT2D eigenvalue weighted by Crippen LogP contribution is -2.36. The molecule has 0 atom stereocenters. The summed E-state index contributed by atoms with van der Waals surface area (Å²) in [7, 11) is 0. The van der Waals surface area contributed by atoms with Gasteiger partial charge in [-0.15, -0.1) is 11.3 Å². The number of likely N-dealkylation sites (tertiary alicyclic amines) is 1. The van der Waals surface area contributed by atoms with Crippen molar-refractivity contribution in [2.75, 3.05) is 23.1 Å². The fourth-order valence-electron chi connectivity index (χ4n) is 3.05. The maximum atomic E-state index is 14.4. The lowest BCUT2D eigenvalue weighted by Gasteiger charge is -2.31. The Morgan fingerprint density at radius 1 is 1.10 bits per heavy atom. The van der Waals surface area contributed by atoms with Crippen molar-refractivity contribution in [1.82, 2.24) is 9.88 Å². The zero-order valence-electron chi connectivity index (χ0n) is 15.4. The zero-order chi connectivity index (χ0) is 20.2. The van der Waals surface area contributed by atoms with E-state index in [1.54, 1.807) is 17.0 Å². The van der Waals surface area contributed by atoms with Crippen molar-refractivity contribution < 1.29 is 13.2 Å². The summed E-state index contributed by atoms with van der Waals surface area (Å²) in [6.45, 7) is 2.84. The average molecular weight is 437 g/mol. The summed E-state index contributed by atoms with van der Waals surface area (Å²) < 4.78 is 46.0. The number of nitrogens with zero attached hydrogens (tertiary/aromatic N) is 2. The highest BCUT2D eigenvalue weighted by Gasteiger charge is 2.18. The number of hydrogen-bond donors (Lipinski definition) is 2. The van der Waals surface area contributed by atoms with Crippen LogP contribution >= 0.6 is 23.3 Å². The van der Waals surface area contributed by atoms with Crippen LogP contribution in [0.1, 0.15) is 17.5 Å². The molecule has 29 heavy (non-hydrogen) atoms. The molecule has 2 aromatic carbocycles. The van der Waals surface area contributed by atoms with Crippen LogP contribution in [-0.4, -0.2) is 23.0 Å². The van der Waals surface area contributed by atoms with Crippen molar-refractivity contribution in [2.24, 2.45) is 0 Å². The molecule has 152 valence electrons. The second-order valence-corrected chi connectivity index (χ2v) is 8.24. The van der Waals surface area contributed by atoms with E-state index in [1.165, 1.54) is 29.5 Å². The largest absolute Gasteiger partial charge is 0.381 e. The van der Waals surface area contributed by atoms with Crippen LogP contribution in [0.15, 0.2) is 46.1 Å². The summed E-state index contributed by atoms with van der Waals surface area (Å²) in [5.74, 6) is -1.18. The SMILES string of the molecule is Fc1cccc(CN2CCC2)c1CNc1cc(F)c(SNc2cscn2)c(F)c1. The Morgan fingerprint density at radius 3 is 2.55 bits per heavy atom. The number of hydrogen-bond acceptors (Lipinski definition) is 6. The van der Waals surface area contributed by atoms with Gasteiger partial charge in [-0.25, -0.2) is 18.2 Å². The second-order valence-electron chi connectivity index (χ2n) is 6.71. The lowest BCUT2D eigenvalue weighted by atomic mass is 10.0. The molecule has 1 aliphatic heterocycles. The van der Waals surface area contributed by atoms with E-state index >= 15 is 0 Å². The highest BCUT2D eigenvalue weighted by Crippen LogP contribution is 2.29. The summed E-state index contributed by atoms with van der Waals surface area (Å²) in [4.78, 5) is 6.10. The minimum atomic E-state index is -0.699. The topological polar surface area (TPSA) is 40.2 Å². The number of halogens is 3. The molecule has 2 N–H and O–H groups in total. The third-order valence-corrected chi connectivity index (χ3v) is 6.21. The van der Waals surface area contributed by atoms with Crippen LogP contribution in [0, 0.1) is 17.5 Å². The highest BCUT2D eigenvalue weighted by molar-refractivity contribution is 8.00. The first-order valence-electron chi connectivity index (χ1n) is 9.13. The van der Waals surface area contributed by atoms with Crippen molar-refractivity contribution in [1.29, 1.82) is 0 Å². The third kappa shape index (κ3) is 4.85.